The summed E-state index contributed by atoms with van der Waals surface area (Å²) in [5, 5.41) is 16.3. The first-order valence-electron chi connectivity index (χ1n) is 13.1. The summed E-state index contributed by atoms with van der Waals surface area (Å²) >= 11 is 0. The molecule has 0 spiro atoms. The number of carbonyl (C=O) groups is 1. The molecule has 7 rings (SSSR count). The van der Waals surface area contributed by atoms with Gasteiger partial charge in [0.2, 0.25) is 0 Å². The molecule has 0 aliphatic carbocycles. The molecule has 0 atom stereocenters. The van der Waals surface area contributed by atoms with Crippen molar-refractivity contribution in [3.8, 4) is 11.6 Å². The number of ether oxygens (including phenoxy) is 1. The maximum absolute atomic E-state index is 13.0. The van der Waals surface area contributed by atoms with E-state index in [1.54, 1.807) is 58.4 Å². The molecule has 0 aliphatic heterocycles. The van der Waals surface area contributed by atoms with Crippen molar-refractivity contribution >= 4 is 38.3 Å². The molecule has 7 heteroatoms. The van der Waals surface area contributed by atoms with E-state index in [1.165, 1.54) is 37.9 Å². The molecule has 3 heterocycles. The van der Waals surface area contributed by atoms with Crippen LogP contribution in [0.4, 0.5) is 0 Å². The molecular formula is C32H25N5O2. The van der Waals surface area contributed by atoms with Crippen LogP contribution < -0.4 is 0 Å². The first kappa shape index (κ1) is 23.1. The maximum atomic E-state index is 13.0. The van der Waals surface area contributed by atoms with Crippen molar-refractivity contribution < 1.29 is 9.53 Å². The normalized spacial score (nSPS) is 11.6. The second-order valence-corrected chi connectivity index (χ2v) is 9.65. The van der Waals surface area contributed by atoms with Gasteiger partial charge in [-0.25, -0.2) is 19.1 Å². The van der Waals surface area contributed by atoms with E-state index in [1.807, 2.05) is 0 Å². The second-order valence-electron chi connectivity index (χ2n) is 9.65. The van der Waals surface area contributed by atoms with E-state index >= 15 is 0 Å². The van der Waals surface area contributed by atoms with Gasteiger partial charge >= 0.3 is 5.97 Å². The van der Waals surface area contributed by atoms with Gasteiger partial charge in [0.1, 0.15) is 0 Å². The SMILES string of the molecule is O=C(OCCCCc1ccc2ccc3cccc4ccc1c2c34)c1cc(-n2cccn2)nc(-n2cccn2)c1. The van der Waals surface area contributed by atoms with Crippen LogP contribution in [0.2, 0.25) is 0 Å². The van der Waals surface area contributed by atoms with Gasteiger partial charge in [-0.3, -0.25) is 0 Å². The third-order valence-electron chi connectivity index (χ3n) is 7.20. The Labute approximate surface area is 224 Å². The number of pyridine rings is 1. The summed E-state index contributed by atoms with van der Waals surface area (Å²) < 4.78 is 8.89. The van der Waals surface area contributed by atoms with E-state index in [0.717, 1.165) is 19.3 Å². The van der Waals surface area contributed by atoms with Crippen molar-refractivity contribution in [3.63, 3.8) is 0 Å². The molecule has 190 valence electrons. The van der Waals surface area contributed by atoms with Crippen LogP contribution in [-0.4, -0.2) is 37.1 Å². The minimum atomic E-state index is -0.387. The van der Waals surface area contributed by atoms with Gasteiger partial charge in [-0.1, -0.05) is 54.6 Å². The highest BCUT2D eigenvalue weighted by atomic mass is 16.5. The van der Waals surface area contributed by atoms with Crippen molar-refractivity contribution in [1.29, 1.82) is 0 Å². The quantitative estimate of drug-likeness (QED) is 0.132. The van der Waals surface area contributed by atoms with Gasteiger partial charge in [0.15, 0.2) is 11.6 Å². The molecule has 0 saturated heterocycles. The fourth-order valence-corrected chi connectivity index (χ4v) is 5.34. The lowest BCUT2D eigenvalue weighted by Crippen LogP contribution is -2.11. The summed E-state index contributed by atoms with van der Waals surface area (Å²) in [5.41, 5.74) is 1.74. The predicted molar refractivity (Wildman–Crippen MR) is 152 cm³/mol. The topological polar surface area (TPSA) is 74.8 Å². The van der Waals surface area contributed by atoms with Crippen molar-refractivity contribution in [3.05, 3.63) is 115 Å². The number of aromatic nitrogens is 5. The van der Waals surface area contributed by atoms with E-state index in [0.29, 0.717) is 23.8 Å². The van der Waals surface area contributed by atoms with Gasteiger partial charge in [0, 0.05) is 24.8 Å². The zero-order chi connectivity index (χ0) is 26.2. The van der Waals surface area contributed by atoms with Crippen LogP contribution in [0.3, 0.4) is 0 Å². The van der Waals surface area contributed by atoms with E-state index in [9.17, 15) is 4.79 Å². The zero-order valence-electron chi connectivity index (χ0n) is 21.2. The van der Waals surface area contributed by atoms with Gasteiger partial charge in [-0.05, 0) is 81.4 Å². The minimum absolute atomic E-state index is 0.348. The van der Waals surface area contributed by atoms with Crippen LogP contribution in [0.15, 0.2) is 104 Å². The Balaban J connectivity index is 1.05. The Bertz CT molecular complexity index is 1840. The Morgan fingerprint density at radius 1 is 0.718 bits per heavy atom. The van der Waals surface area contributed by atoms with Crippen LogP contribution >= 0.6 is 0 Å². The molecular weight excluding hydrogens is 486 g/mol. The summed E-state index contributed by atoms with van der Waals surface area (Å²) in [6.45, 7) is 0.348. The molecule has 7 aromatic rings. The lowest BCUT2D eigenvalue weighted by molar-refractivity contribution is 0.0498. The molecule has 0 radical (unpaired) electrons. The number of hydrogen-bond acceptors (Lipinski definition) is 5. The van der Waals surface area contributed by atoms with Crippen LogP contribution in [0.25, 0.3) is 44.0 Å². The predicted octanol–water partition coefficient (Wildman–Crippen LogP) is 6.53. The molecule has 0 amide bonds. The Morgan fingerprint density at radius 3 is 2.03 bits per heavy atom. The van der Waals surface area contributed by atoms with Crippen molar-refractivity contribution in [2.75, 3.05) is 6.61 Å². The van der Waals surface area contributed by atoms with Crippen LogP contribution in [0.5, 0.6) is 0 Å². The molecule has 0 fully saturated rings. The number of carbonyl (C=O) groups excluding carboxylic acids is 1. The minimum Gasteiger partial charge on any atom is -0.462 e. The van der Waals surface area contributed by atoms with Crippen LogP contribution in [-0.2, 0) is 11.2 Å². The number of hydrogen-bond donors (Lipinski definition) is 0. The monoisotopic (exact) mass is 511 g/mol. The number of aryl methyl sites for hydroxylation is 1. The van der Waals surface area contributed by atoms with Crippen molar-refractivity contribution in [2.45, 2.75) is 19.3 Å². The highest BCUT2D eigenvalue weighted by Gasteiger charge is 2.15. The lowest BCUT2D eigenvalue weighted by atomic mass is 9.91. The molecule has 0 bridgehead atoms. The summed E-state index contributed by atoms with van der Waals surface area (Å²) in [5.74, 6) is 0.657. The fourth-order valence-electron chi connectivity index (χ4n) is 5.34. The summed E-state index contributed by atoms with van der Waals surface area (Å²) in [6.07, 6.45) is 9.52. The van der Waals surface area contributed by atoms with E-state index in [4.69, 9.17) is 4.74 Å². The van der Waals surface area contributed by atoms with Gasteiger partial charge in [0.05, 0.1) is 12.2 Å². The van der Waals surface area contributed by atoms with E-state index in [2.05, 4.69) is 69.8 Å². The Morgan fingerprint density at radius 2 is 1.36 bits per heavy atom. The fraction of sp³-hybridized carbons (Fsp3) is 0.125. The maximum Gasteiger partial charge on any atom is 0.338 e. The van der Waals surface area contributed by atoms with Crippen LogP contribution in [0, 0.1) is 0 Å². The number of unbranched alkanes of at least 4 members (excludes halogenated alkanes) is 1. The second kappa shape index (κ2) is 9.68. The number of nitrogens with zero attached hydrogens (tertiary/aromatic N) is 5. The van der Waals surface area contributed by atoms with Gasteiger partial charge in [-0.15, -0.1) is 0 Å². The smallest absolute Gasteiger partial charge is 0.338 e. The highest BCUT2D eigenvalue weighted by Crippen LogP contribution is 2.36. The number of esters is 1. The molecule has 7 nitrogen and oxygen atoms in total. The standard InChI is InChI=1S/C32H25N5O2/c38-32(26-20-28(36-17-4-15-33-36)35-29(21-26)37-18-5-16-34-37)39-19-2-1-6-22-9-10-25-12-11-23-7-3-8-24-13-14-27(22)31(25)30(23)24/h3-5,7-18,20-21H,1-2,6,19H2. The molecule has 0 unspecified atom stereocenters. The zero-order valence-corrected chi connectivity index (χ0v) is 21.2. The summed E-state index contributed by atoms with van der Waals surface area (Å²) in [6, 6.07) is 26.8. The molecule has 39 heavy (non-hydrogen) atoms. The van der Waals surface area contributed by atoms with E-state index < -0.39 is 0 Å². The first-order valence-corrected chi connectivity index (χ1v) is 13.1. The molecule has 3 aromatic heterocycles. The average molecular weight is 512 g/mol. The number of benzene rings is 4. The average Bonchev–Trinajstić information content (AvgIpc) is 3.71. The Kier molecular flexibility index (Phi) is 5.74. The molecule has 0 N–H and O–H groups in total. The molecule has 0 aliphatic rings. The summed E-state index contributed by atoms with van der Waals surface area (Å²) in [4.78, 5) is 17.6. The van der Waals surface area contributed by atoms with Crippen molar-refractivity contribution in [2.24, 2.45) is 0 Å². The van der Waals surface area contributed by atoms with Gasteiger partial charge in [-0.2, -0.15) is 10.2 Å². The third-order valence-corrected chi connectivity index (χ3v) is 7.20. The third kappa shape index (κ3) is 4.28. The lowest BCUT2D eigenvalue weighted by Gasteiger charge is -2.14. The van der Waals surface area contributed by atoms with Gasteiger partial charge in [0.25, 0.3) is 0 Å². The molecule has 4 aromatic carbocycles. The first-order chi connectivity index (χ1) is 19.2. The highest BCUT2D eigenvalue weighted by molar-refractivity contribution is 6.23. The van der Waals surface area contributed by atoms with E-state index in [-0.39, 0.29) is 5.97 Å². The molecule has 0 saturated carbocycles. The Hall–Kier alpha value is -5.04. The largest absolute Gasteiger partial charge is 0.462 e. The van der Waals surface area contributed by atoms with Crippen LogP contribution in [0.1, 0.15) is 28.8 Å². The van der Waals surface area contributed by atoms with Crippen molar-refractivity contribution in [1.82, 2.24) is 24.5 Å². The number of rotatable bonds is 8. The van der Waals surface area contributed by atoms with Gasteiger partial charge < -0.3 is 4.74 Å². The summed E-state index contributed by atoms with van der Waals surface area (Å²) in [7, 11) is 0.